The van der Waals surface area contributed by atoms with Crippen LogP contribution in [0.3, 0.4) is 0 Å². The summed E-state index contributed by atoms with van der Waals surface area (Å²) in [5, 5.41) is 8.11. The van der Waals surface area contributed by atoms with Gasteiger partial charge in [-0.1, -0.05) is 24.3 Å². The molecule has 1 saturated heterocycles. The fraction of sp³-hybridized carbons (Fsp3) is 0.385. The molecule has 0 aliphatic carbocycles. The first-order valence-corrected chi connectivity index (χ1v) is 5.63. The zero-order valence-electron chi connectivity index (χ0n) is 9.07. The second kappa shape index (κ2) is 3.52. The van der Waals surface area contributed by atoms with Gasteiger partial charge in [-0.15, -0.1) is 0 Å². The molecule has 2 heterocycles. The van der Waals surface area contributed by atoms with E-state index < -0.39 is 0 Å². The van der Waals surface area contributed by atoms with Gasteiger partial charge in [0.25, 0.3) is 0 Å². The number of aliphatic imine (C=N–C) groups is 1. The van der Waals surface area contributed by atoms with Gasteiger partial charge in [-0.3, -0.25) is 5.41 Å². The van der Waals surface area contributed by atoms with E-state index in [0.717, 1.165) is 31.6 Å². The van der Waals surface area contributed by atoms with Gasteiger partial charge in [-0.25, -0.2) is 4.99 Å². The number of nitrogens with zero attached hydrogens (tertiary/aromatic N) is 1. The monoisotopic (exact) mass is 214 g/mol. The number of amidine groups is 1. The fourth-order valence-electron chi connectivity index (χ4n) is 2.66. The SMILES string of the molecule is N=C1N=Cc2ccccc2C12CCOCC2. The Morgan fingerprint density at radius 3 is 2.75 bits per heavy atom. The van der Waals surface area contributed by atoms with E-state index in [4.69, 9.17) is 10.1 Å². The highest BCUT2D eigenvalue weighted by molar-refractivity contribution is 6.04. The smallest absolute Gasteiger partial charge is 0.131 e. The molecule has 0 bridgehead atoms. The second-order valence-corrected chi connectivity index (χ2v) is 4.39. The third-order valence-corrected chi connectivity index (χ3v) is 3.61. The van der Waals surface area contributed by atoms with Crippen LogP contribution in [0.25, 0.3) is 0 Å². The lowest BCUT2D eigenvalue weighted by Crippen LogP contribution is -2.42. The zero-order valence-corrected chi connectivity index (χ0v) is 9.07. The topological polar surface area (TPSA) is 45.4 Å². The maximum Gasteiger partial charge on any atom is 0.131 e. The summed E-state index contributed by atoms with van der Waals surface area (Å²) in [6, 6.07) is 8.26. The quantitative estimate of drug-likeness (QED) is 0.706. The number of rotatable bonds is 0. The van der Waals surface area contributed by atoms with Crippen LogP contribution in [0.15, 0.2) is 29.3 Å². The van der Waals surface area contributed by atoms with Crippen LogP contribution in [0.1, 0.15) is 24.0 Å². The van der Waals surface area contributed by atoms with Crippen LogP contribution in [-0.2, 0) is 10.2 Å². The third kappa shape index (κ3) is 1.25. The van der Waals surface area contributed by atoms with Crippen LogP contribution in [0.4, 0.5) is 0 Å². The second-order valence-electron chi connectivity index (χ2n) is 4.39. The van der Waals surface area contributed by atoms with Crippen molar-refractivity contribution in [3.8, 4) is 0 Å². The number of fused-ring (bicyclic) bond motifs is 2. The van der Waals surface area contributed by atoms with Crippen molar-refractivity contribution < 1.29 is 4.74 Å². The molecule has 1 spiro atoms. The van der Waals surface area contributed by atoms with E-state index in [1.807, 2.05) is 12.1 Å². The van der Waals surface area contributed by atoms with Crippen molar-refractivity contribution in [2.24, 2.45) is 4.99 Å². The van der Waals surface area contributed by atoms with Crippen LogP contribution in [-0.4, -0.2) is 25.3 Å². The summed E-state index contributed by atoms with van der Waals surface area (Å²) >= 11 is 0. The van der Waals surface area contributed by atoms with Crippen molar-refractivity contribution in [2.45, 2.75) is 18.3 Å². The molecule has 82 valence electrons. The van der Waals surface area contributed by atoms with Crippen LogP contribution >= 0.6 is 0 Å². The first-order chi connectivity index (χ1) is 7.83. The largest absolute Gasteiger partial charge is 0.381 e. The molecule has 2 aliphatic heterocycles. The number of hydrogen-bond acceptors (Lipinski definition) is 2. The van der Waals surface area contributed by atoms with Crippen molar-refractivity contribution in [1.29, 1.82) is 5.41 Å². The minimum Gasteiger partial charge on any atom is -0.381 e. The van der Waals surface area contributed by atoms with Crippen LogP contribution < -0.4 is 0 Å². The molecular formula is C13H14N2O. The van der Waals surface area contributed by atoms with Gasteiger partial charge in [0.15, 0.2) is 0 Å². The molecule has 3 heteroatoms. The molecule has 1 N–H and O–H groups in total. The van der Waals surface area contributed by atoms with Gasteiger partial charge < -0.3 is 4.74 Å². The fourth-order valence-corrected chi connectivity index (χ4v) is 2.66. The summed E-state index contributed by atoms with van der Waals surface area (Å²) in [7, 11) is 0. The van der Waals surface area contributed by atoms with Gasteiger partial charge in [-0.2, -0.15) is 0 Å². The molecule has 0 amide bonds. The average Bonchev–Trinajstić information content (AvgIpc) is 2.36. The minimum absolute atomic E-state index is 0.191. The average molecular weight is 214 g/mol. The van der Waals surface area contributed by atoms with Crippen molar-refractivity contribution in [3.05, 3.63) is 35.4 Å². The van der Waals surface area contributed by atoms with E-state index >= 15 is 0 Å². The summed E-state index contributed by atoms with van der Waals surface area (Å²) in [5.74, 6) is 0.495. The highest BCUT2D eigenvalue weighted by Crippen LogP contribution is 2.39. The maximum atomic E-state index is 8.11. The summed E-state index contributed by atoms with van der Waals surface area (Å²) in [4.78, 5) is 4.25. The van der Waals surface area contributed by atoms with Gasteiger partial charge in [0.05, 0.1) is 5.41 Å². The molecule has 3 nitrogen and oxygen atoms in total. The summed E-state index contributed by atoms with van der Waals surface area (Å²) < 4.78 is 5.41. The Bertz CT molecular complexity index is 459. The van der Waals surface area contributed by atoms with E-state index in [-0.39, 0.29) is 5.41 Å². The molecule has 1 fully saturated rings. The maximum absolute atomic E-state index is 8.11. The molecule has 0 saturated carbocycles. The zero-order chi connectivity index (χ0) is 11.0. The molecule has 0 aromatic heterocycles. The highest BCUT2D eigenvalue weighted by Gasteiger charge is 2.41. The summed E-state index contributed by atoms with van der Waals surface area (Å²) in [5.41, 5.74) is 2.21. The van der Waals surface area contributed by atoms with Gasteiger partial charge in [0, 0.05) is 19.4 Å². The van der Waals surface area contributed by atoms with E-state index in [1.165, 1.54) is 5.56 Å². The Hall–Kier alpha value is -1.48. The first kappa shape index (κ1) is 9.73. The standard InChI is InChI=1S/C13H14N2O/c14-12-13(5-7-16-8-6-13)11-4-2-1-3-10(11)9-15-12/h1-4,9,14H,5-8H2. The lowest BCUT2D eigenvalue weighted by Gasteiger charge is -2.39. The molecule has 1 aromatic rings. The Labute approximate surface area is 94.7 Å². The van der Waals surface area contributed by atoms with Gasteiger partial charge >= 0.3 is 0 Å². The van der Waals surface area contributed by atoms with E-state index in [0.29, 0.717) is 5.84 Å². The molecule has 0 radical (unpaired) electrons. The number of benzene rings is 1. The van der Waals surface area contributed by atoms with E-state index in [1.54, 1.807) is 6.21 Å². The Balaban J connectivity index is 2.16. The van der Waals surface area contributed by atoms with Crippen LogP contribution in [0.2, 0.25) is 0 Å². The lowest BCUT2D eigenvalue weighted by molar-refractivity contribution is 0.0701. The molecule has 3 rings (SSSR count). The Kier molecular flexibility index (Phi) is 2.14. The molecule has 16 heavy (non-hydrogen) atoms. The molecule has 1 aromatic carbocycles. The van der Waals surface area contributed by atoms with Gasteiger partial charge in [-0.05, 0) is 24.0 Å². The number of hydrogen-bond donors (Lipinski definition) is 1. The van der Waals surface area contributed by atoms with Crippen LogP contribution in [0.5, 0.6) is 0 Å². The Morgan fingerprint density at radius 1 is 1.19 bits per heavy atom. The van der Waals surface area contributed by atoms with Crippen molar-refractivity contribution in [1.82, 2.24) is 0 Å². The first-order valence-electron chi connectivity index (χ1n) is 5.63. The summed E-state index contributed by atoms with van der Waals surface area (Å²) in [6.45, 7) is 1.46. The Morgan fingerprint density at radius 2 is 1.94 bits per heavy atom. The highest BCUT2D eigenvalue weighted by atomic mass is 16.5. The van der Waals surface area contributed by atoms with E-state index in [2.05, 4.69) is 17.1 Å². The van der Waals surface area contributed by atoms with Gasteiger partial charge in [0.1, 0.15) is 5.84 Å². The van der Waals surface area contributed by atoms with Gasteiger partial charge in [0.2, 0.25) is 0 Å². The van der Waals surface area contributed by atoms with Crippen molar-refractivity contribution >= 4 is 12.1 Å². The van der Waals surface area contributed by atoms with E-state index in [9.17, 15) is 0 Å². The molecule has 2 aliphatic rings. The predicted molar refractivity (Wildman–Crippen MR) is 63.5 cm³/mol. The summed E-state index contributed by atoms with van der Waals surface area (Å²) in [6.07, 6.45) is 3.55. The van der Waals surface area contributed by atoms with Crippen molar-refractivity contribution in [2.75, 3.05) is 13.2 Å². The number of nitrogens with one attached hydrogen (secondary N) is 1. The molecule has 0 unspecified atom stereocenters. The molecular weight excluding hydrogens is 200 g/mol. The third-order valence-electron chi connectivity index (χ3n) is 3.61. The molecule has 0 atom stereocenters. The van der Waals surface area contributed by atoms with Crippen LogP contribution in [0, 0.1) is 5.41 Å². The minimum atomic E-state index is -0.191. The predicted octanol–water partition coefficient (Wildman–Crippen LogP) is 2.14. The van der Waals surface area contributed by atoms with Crippen molar-refractivity contribution in [3.63, 3.8) is 0 Å². The number of ether oxygens (including phenoxy) is 1. The normalized spacial score (nSPS) is 22.1. The lowest BCUT2D eigenvalue weighted by atomic mass is 9.70.